The van der Waals surface area contributed by atoms with Gasteiger partial charge in [0.15, 0.2) is 0 Å². The number of anilines is 1. The highest BCUT2D eigenvalue weighted by atomic mass is 35.5. The summed E-state index contributed by atoms with van der Waals surface area (Å²) in [5.74, 6) is -2.69. The van der Waals surface area contributed by atoms with Crippen molar-refractivity contribution >= 4 is 35.2 Å². The molecular weight excluding hydrogens is 279 g/mol. The zero-order valence-corrected chi connectivity index (χ0v) is 10.3. The van der Waals surface area contributed by atoms with E-state index in [2.05, 4.69) is 5.32 Å². The summed E-state index contributed by atoms with van der Waals surface area (Å²) in [4.78, 5) is 32.7. The van der Waals surface area contributed by atoms with E-state index in [0.717, 1.165) is 6.07 Å². The molecule has 6 nitrogen and oxygen atoms in total. The maximum Gasteiger partial charge on any atom is 0.326 e. The number of para-hydroxylation sites is 1. The molecule has 0 bridgehead atoms. The van der Waals surface area contributed by atoms with Crippen molar-refractivity contribution in [1.29, 1.82) is 0 Å². The Bertz CT molecular complexity index is 501. The second-order valence-electron chi connectivity index (χ2n) is 3.49. The van der Waals surface area contributed by atoms with Gasteiger partial charge in [0.05, 0.1) is 17.1 Å². The summed E-state index contributed by atoms with van der Waals surface area (Å²) >= 11 is 5.67. The van der Waals surface area contributed by atoms with Crippen molar-refractivity contribution in [3.8, 4) is 0 Å². The minimum Gasteiger partial charge on any atom is -0.481 e. The van der Waals surface area contributed by atoms with Gasteiger partial charge in [-0.2, -0.15) is 0 Å². The van der Waals surface area contributed by atoms with Gasteiger partial charge in [0.1, 0.15) is 5.82 Å². The Morgan fingerprint density at radius 2 is 1.95 bits per heavy atom. The first-order chi connectivity index (χ1) is 8.90. The normalized spacial score (nSPS) is 9.79. The number of rotatable bonds is 4. The number of imide groups is 1. The smallest absolute Gasteiger partial charge is 0.326 e. The van der Waals surface area contributed by atoms with Crippen LogP contribution in [0, 0.1) is 5.82 Å². The third-order valence-electron chi connectivity index (χ3n) is 2.02. The fourth-order valence-corrected chi connectivity index (χ4v) is 1.38. The molecule has 19 heavy (non-hydrogen) atoms. The van der Waals surface area contributed by atoms with Crippen LogP contribution in [0.25, 0.3) is 0 Å². The Kier molecular flexibility index (Phi) is 5.25. The summed E-state index contributed by atoms with van der Waals surface area (Å²) in [6.07, 6.45) is -0.757. The van der Waals surface area contributed by atoms with E-state index in [0.29, 0.717) is 0 Å². The summed E-state index contributed by atoms with van der Waals surface area (Å²) in [6, 6.07) is 2.83. The molecule has 3 amide bonds. The number of carboxylic acid groups (broad SMARTS) is 1. The van der Waals surface area contributed by atoms with Crippen LogP contribution in [0.4, 0.5) is 14.9 Å². The third kappa shape index (κ3) is 4.92. The van der Waals surface area contributed by atoms with Crippen molar-refractivity contribution in [3.63, 3.8) is 0 Å². The molecule has 0 aliphatic rings. The first-order valence-electron chi connectivity index (χ1n) is 5.17. The Balaban J connectivity index is 2.56. The van der Waals surface area contributed by atoms with Crippen LogP contribution in [-0.2, 0) is 9.59 Å². The molecule has 0 atom stereocenters. The first-order valence-corrected chi connectivity index (χ1v) is 5.54. The molecule has 1 aromatic rings. The van der Waals surface area contributed by atoms with Gasteiger partial charge in [0.2, 0.25) is 5.91 Å². The molecule has 0 heterocycles. The first kappa shape index (κ1) is 14.9. The molecular formula is C11H10ClFN2O4. The summed E-state index contributed by atoms with van der Waals surface area (Å²) in [6.45, 7) is 0. The van der Waals surface area contributed by atoms with E-state index in [-0.39, 0.29) is 17.1 Å². The van der Waals surface area contributed by atoms with Crippen LogP contribution in [0.15, 0.2) is 18.2 Å². The molecule has 0 spiro atoms. The number of aliphatic carboxylic acids is 1. The number of nitrogens with one attached hydrogen (secondary N) is 2. The lowest BCUT2D eigenvalue weighted by Crippen LogP contribution is -2.34. The average molecular weight is 289 g/mol. The quantitative estimate of drug-likeness (QED) is 0.789. The van der Waals surface area contributed by atoms with Crippen LogP contribution in [-0.4, -0.2) is 23.0 Å². The molecule has 1 aromatic carbocycles. The van der Waals surface area contributed by atoms with Gasteiger partial charge in [-0.05, 0) is 12.1 Å². The van der Waals surface area contributed by atoms with E-state index in [1.807, 2.05) is 5.32 Å². The van der Waals surface area contributed by atoms with Gasteiger partial charge in [-0.15, -0.1) is 0 Å². The van der Waals surface area contributed by atoms with E-state index in [4.69, 9.17) is 16.7 Å². The predicted octanol–water partition coefficient (Wildman–Crippen LogP) is 1.99. The van der Waals surface area contributed by atoms with Crippen LogP contribution < -0.4 is 10.6 Å². The molecule has 0 saturated heterocycles. The number of urea groups is 1. The second kappa shape index (κ2) is 6.69. The largest absolute Gasteiger partial charge is 0.481 e. The second-order valence-corrected chi connectivity index (χ2v) is 3.90. The summed E-state index contributed by atoms with van der Waals surface area (Å²) in [5, 5.41) is 12.3. The highest BCUT2D eigenvalue weighted by molar-refractivity contribution is 6.33. The molecule has 0 aliphatic heterocycles. The minimum atomic E-state index is -1.16. The van der Waals surface area contributed by atoms with E-state index in [9.17, 15) is 18.8 Å². The van der Waals surface area contributed by atoms with E-state index >= 15 is 0 Å². The highest BCUT2D eigenvalue weighted by Gasteiger charge is 2.13. The van der Waals surface area contributed by atoms with Crippen LogP contribution in [0.5, 0.6) is 0 Å². The van der Waals surface area contributed by atoms with Crippen LogP contribution in [0.3, 0.4) is 0 Å². The SMILES string of the molecule is O=C(O)CCC(=O)NC(=O)Nc1c(F)cccc1Cl. The highest BCUT2D eigenvalue weighted by Crippen LogP contribution is 2.24. The number of carboxylic acids is 1. The van der Waals surface area contributed by atoms with Gasteiger partial charge in [-0.1, -0.05) is 17.7 Å². The monoisotopic (exact) mass is 288 g/mol. The van der Waals surface area contributed by atoms with Crippen LogP contribution in [0.1, 0.15) is 12.8 Å². The summed E-state index contributed by atoms with van der Waals surface area (Å²) in [7, 11) is 0. The van der Waals surface area contributed by atoms with Crippen LogP contribution >= 0.6 is 11.6 Å². The molecule has 0 saturated carbocycles. The molecule has 0 radical (unpaired) electrons. The van der Waals surface area contributed by atoms with E-state index in [1.54, 1.807) is 0 Å². The summed E-state index contributed by atoms with van der Waals surface area (Å²) in [5.41, 5.74) is -0.257. The van der Waals surface area contributed by atoms with E-state index < -0.39 is 30.1 Å². The molecule has 1 rings (SSSR count). The van der Waals surface area contributed by atoms with Gasteiger partial charge in [0, 0.05) is 6.42 Å². The summed E-state index contributed by atoms with van der Waals surface area (Å²) < 4.78 is 13.3. The number of hydrogen-bond donors (Lipinski definition) is 3. The van der Waals surface area contributed by atoms with Crippen molar-refractivity contribution in [1.82, 2.24) is 5.32 Å². The third-order valence-corrected chi connectivity index (χ3v) is 2.34. The lowest BCUT2D eigenvalue weighted by Gasteiger charge is -2.08. The predicted molar refractivity (Wildman–Crippen MR) is 65.4 cm³/mol. The molecule has 0 aromatic heterocycles. The van der Waals surface area contributed by atoms with Crippen molar-refractivity contribution in [2.24, 2.45) is 0 Å². The van der Waals surface area contributed by atoms with Gasteiger partial charge in [0.25, 0.3) is 0 Å². The van der Waals surface area contributed by atoms with Crippen molar-refractivity contribution in [3.05, 3.63) is 29.0 Å². The van der Waals surface area contributed by atoms with Crippen molar-refractivity contribution < 1.29 is 23.9 Å². The Labute approximate surface area is 112 Å². The maximum absolute atomic E-state index is 13.3. The van der Waals surface area contributed by atoms with Crippen molar-refractivity contribution in [2.45, 2.75) is 12.8 Å². The number of carbonyl (C=O) groups excluding carboxylic acids is 2. The molecule has 8 heteroatoms. The number of carbonyl (C=O) groups is 3. The lowest BCUT2D eigenvalue weighted by molar-refractivity contribution is -0.138. The zero-order chi connectivity index (χ0) is 14.4. The van der Waals surface area contributed by atoms with Gasteiger partial charge >= 0.3 is 12.0 Å². The van der Waals surface area contributed by atoms with Gasteiger partial charge in [-0.3, -0.25) is 14.9 Å². The van der Waals surface area contributed by atoms with Crippen LogP contribution in [0.2, 0.25) is 5.02 Å². The number of benzene rings is 1. The minimum absolute atomic E-state index is 0.0202. The average Bonchev–Trinajstić information content (AvgIpc) is 2.31. The van der Waals surface area contributed by atoms with Gasteiger partial charge < -0.3 is 10.4 Å². The lowest BCUT2D eigenvalue weighted by atomic mass is 10.3. The Morgan fingerprint density at radius 1 is 1.26 bits per heavy atom. The maximum atomic E-state index is 13.3. The van der Waals surface area contributed by atoms with Crippen molar-refractivity contribution in [2.75, 3.05) is 5.32 Å². The molecule has 0 unspecified atom stereocenters. The Morgan fingerprint density at radius 3 is 2.53 bits per heavy atom. The van der Waals surface area contributed by atoms with Gasteiger partial charge in [-0.25, -0.2) is 9.18 Å². The zero-order valence-electron chi connectivity index (χ0n) is 9.57. The molecule has 0 aliphatic carbocycles. The fraction of sp³-hybridized carbons (Fsp3) is 0.182. The number of hydrogen-bond acceptors (Lipinski definition) is 3. The fourth-order valence-electron chi connectivity index (χ4n) is 1.17. The molecule has 0 fully saturated rings. The Hall–Kier alpha value is -2.15. The van der Waals surface area contributed by atoms with E-state index in [1.165, 1.54) is 12.1 Å². The molecule has 102 valence electrons. The number of amides is 3. The topological polar surface area (TPSA) is 95.5 Å². The standard InChI is InChI=1S/C11H10ClFN2O4/c12-6-2-1-3-7(13)10(6)15-11(19)14-8(16)4-5-9(17)18/h1-3H,4-5H2,(H,17,18)(H2,14,15,16,19). The number of halogens is 2. The molecule has 3 N–H and O–H groups in total.